The highest BCUT2D eigenvalue weighted by Gasteiger charge is 2.26. The third kappa shape index (κ3) is 2.62. The second kappa shape index (κ2) is 6.73. The van der Waals surface area contributed by atoms with Gasteiger partial charge in [0.25, 0.3) is 5.91 Å². The number of methoxy groups -OCH3 is 1. The molecule has 2 aromatic heterocycles. The number of carbonyl (C=O) groups is 2. The van der Waals surface area contributed by atoms with Gasteiger partial charge in [0, 0.05) is 29.9 Å². The maximum absolute atomic E-state index is 13.2. The van der Waals surface area contributed by atoms with Gasteiger partial charge in [0.15, 0.2) is 0 Å². The quantitative estimate of drug-likeness (QED) is 0.406. The van der Waals surface area contributed by atoms with Gasteiger partial charge in [0.1, 0.15) is 5.58 Å². The summed E-state index contributed by atoms with van der Waals surface area (Å²) >= 11 is 0. The van der Waals surface area contributed by atoms with Crippen LogP contribution < -0.4 is 5.63 Å². The van der Waals surface area contributed by atoms with Crippen molar-refractivity contribution in [3.8, 4) is 0 Å². The van der Waals surface area contributed by atoms with Crippen LogP contribution in [0.3, 0.4) is 0 Å². The van der Waals surface area contributed by atoms with Crippen LogP contribution in [0.25, 0.3) is 32.8 Å². The molecule has 0 bridgehead atoms. The number of aryl methyl sites for hydroxylation is 1. The number of H-pyrrole nitrogens is 1. The van der Waals surface area contributed by atoms with Crippen molar-refractivity contribution in [3.63, 3.8) is 0 Å². The number of ether oxygens (including phenoxy) is 1. The Labute approximate surface area is 171 Å². The van der Waals surface area contributed by atoms with Gasteiger partial charge in [-0.05, 0) is 49.6 Å². The number of nitrogens with zero attached hydrogens (tertiary/aromatic N) is 1. The minimum Gasteiger partial charge on any atom is -0.465 e. The van der Waals surface area contributed by atoms with Crippen LogP contribution in [0, 0.1) is 6.92 Å². The number of rotatable bonds is 2. The van der Waals surface area contributed by atoms with E-state index in [1.165, 1.54) is 13.2 Å². The first kappa shape index (κ1) is 18.4. The van der Waals surface area contributed by atoms with Crippen molar-refractivity contribution in [1.82, 2.24) is 9.88 Å². The van der Waals surface area contributed by atoms with E-state index in [9.17, 15) is 14.4 Å². The molecule has 1 aliphatic rings. The summed E-state index contributed by atoms with van der Waals surface area (Å²) < 4.78 is 10.5. The molecular weight excluding hydrogens is 384 g/mol. The standard InChI is InChI=1S/C23H20N2O5/c1-12-11-17(26)30-21-13(12)7-8-16-19(21)18-14(23(28)29-2)5-6-15(20(18)24-16)22(27)25-9-3-4-10-25/h5-8,11,24H,3-4,9-10H2,1-2H3. The van der Waals surface area contributed by atoms with Gasteiger partial charge < -0.3 is 19.0 Å². The van der Waals surface area contributed by atoms with Crippen molar-refractivity contribution in [2.45, 2.75) is 19.8 Å². The molecule has 30 heavy (non-hydrogen) atoms. The molecule has 0 unspecified atom stereocenters. The number of esters is 1. The van der Waals surface area contributed by atoms with Crippen molar-refractivity contribution in [2.24, 2.45) is 0 Å². The third-order valence-electron chi connectivity index (χ3n) is 5.86. The number of hydrogen-bond donors (Lipinski definition) is 1. The predicted molar refractivity (Wildman–Crippen MR) is 113 cm³/mol. The Morgan fingerprint density at radius 3 is 2.53 bits per heavy atom. The summed E-state index contributed by atoms with van der Waals surface area (Å²) in [5.74, 6) is -0.601. The first-order chi connectivity index (χ1) is 14.5. The summed E-state index contributed by atoms with van der Waals surface area (Å²) in [7, 11) is 1.31. The van der Waals surface area contributed by atoms with Gasteiger partial charge in [-0.1, -0.05) is 0 Å². The molecule has 152 valence electrons. The Kier molecular flexibility index (Phi) is 4.13. The van der Waals surface area contributed by atoms with E-state index in [1.54, 1.807) is 12.1 Å². The summed E-state index contributed by atoms with van der Waals surface area (Å²) in [5.41, 5.74) is 2.72. The van der Waals surface area contributed by atoms with E-state index in [0.717, 1.165) is 36.9 Å². The number of hydrogen-bond acceptors (Lipinski definition) is 5. The van der Waals surface area contributed by atoms with E-state index in [-0.39, 0.29) is 5.91 Å². The maximum Gasteiger partial charge on any atom is 0.338 e. The molecule has 2 aromatic carbocycles. The van der Waals surface area contributed by atoms with Gasteiger partial charge in [-0.3, -0.25) is 4.79 Å². The number of aromatic nitrogens is 1. The number of nitrogens with one attached hydrogen (secondary N) is 1. The van der Waals surface area contributed by atoms with Crippen LogP contribution in [0.15, 0.2) is 39.5 Å². The van der Waals surface area contributed by atoms with Crippen LogP contribution in [0.4, 0.5) is 0 Å². The third-order valence-corrected chi connectivity index (χ3v) is 5.86. The molecule has 0 aliphatic carbocycles. The molecule has 5 rings (SSSR count). The molecule has 1 saturated heterocycles. The Morgan fingerprint density at radius 2 is 1.80 bits per heavy atom. The average molecular weight is 404 g/mol. The largest absolute Gasteiger partial charge is 0.465 e. The van der Waals surface area contributed by atoms with E-state index < -0.39 is 11.6 Å². The average Bonchev–Trinajstić information content (AvgIpc) is 3.40. The van der Waals surface area contributed by atoms with Gasteiger partial charge in [-0.15, -0.1) is 0 Å². The number of carbonyl (C=O) groups excluding carboxylic acids is 2. The molecule has 3 heterocycles. The fraction of sp³-hybridized carbons (Fsp3) is 0.261. The Hall–Kier alpha value is -3.61. The number of benzene rings is 2. The first-order valence-corrected chi connectivity index (χ1v) is 9.89. The second-order valence-corrected chi connectivity index (χ2v) is 7.64. The van der Waals surface area contributed by atoms with Gasteiger partial charge >= 0.3 is 11.6 Å². The highest BCUT2D eigenvalue weighted by molar-refractivity contribution is 6.26. The van der Waals surface area contributed by atoms with E-state index in [1.807, 2.05) is 24.0 Å². The predicted octanol–water partition coefficient (Wildman–Crippen LogP) is 3.76. The monoisotopic (exact) mass is 404 g/mol. The number of likely N-dealkylation sites (tertiary alicyclic amines) is 1. The van der Waals surface area contributed by atoms with Gasteiger partial charge in [0.05, 0.1) is 34.7 Å². The lowest BCUT2D eigenvalue weighted by molar-refractivity contribution is 0.0602. The van der Waals surface area contributed by atoms with Crippen molar-refractivity contribution in [3.05, 3.63) is 57.4 Å². The molecule has 7 heteroatoms. The fourth-order valence-electron chi connectivity index (χ4n) is 4.41. The molecule has 1 fully saturated rings. The molecule has 4 aromatic rings. The lowest BCUT2D eigenvalue weighted by Crippen LogP contribution is -2.27. The zero-order chi connectivity index (χ0) is 21.0. The van der Waals surface area contributed by atoms with Crippen LogP contribution in [0.5, 0.6) is 0 Å². The lowest BCUT2D eigenvalue weighted by Gasteiger charge is -2.16. The Bertz CT molecular complexity index is 1410. The fourth-order valence-corrected chi connectivity index (χ4v) is 4.41. The second-order valence-electron chi connectivity index (χ2n) is 7.64. The van der Waals surface area contributed by atoms with Crippen LogP contribution in [-0.4, -0.2) is 42.0 Å². The summed E-state index contributed by atoms with van der Waals surface area (Å²) in [6.45, 7) is 3.27. The highest BCUT2D eigenvalue weighted by Crippen LogP contribution is 2.37. The van der Waals surface area contributed by atoms with Gasteiger partial charge in [0.2, 0.25) is 0 Å². The summed E-state index contributed by atoms with van der Waals surface area (Å²) in [6.07, 6.45) is 1.97. The molecule has 1 aliphatic heterocycles. The van der Waals surface area contributed by atoms with Crippen molar-refractivity contribution >= 4 is 44.7 Å². The van der Waals surface area contributed by atoms with Crippen molar-refractivity contribution in [2.75, 3.05) is 20.2 Å². The topological polar surface area (TPSA) is 92.6 Å². The molecule has 0 spiro atoms. The van der Waals surface area contributed by atoms with E-state index in [4.69, 9.17) is 9.15 Å². The molecular formula is C23H20N2O5. The molecule has 0 radical (unpaired) electrons. The summed E-state index contributed by atoms with van der Waals surface area (Å²) in [6, 6.07) is 8.44. The summed E-state index contributed by atoms with van der Waals surface area (Å²) in [4.78, 5) is 42.9. The molecule has 1 amide bonds. The number of aromatic amines is 1. The Balaban J connectivity index is 1.93. The van der Waals surface area contributed by atoms with Gasteiger partial charge in [-0.2, -0.15) is 0 Å². The molecule has 1 N–H and O–H groups in total. The lowest BCUT2D eigenvalue weighted by atomic mass is 10.00. The van der Waals surface area contributed by atoms with Crippen molar-refractivity contribution < 1.29 is 18.7 Å². The van der Waals surface area contributed by atoms with Crippen LogP contribution >= 0.6 is 0 Å². The van der Waals surface area contributed by atoms with Crippen LogP contribution in [0.2, 0.25) is 0 Å². The zero-order valence-electron chi connectivity index (χ0n) is 16.7. The minimum absolute atomic E-state index is 0.0811. The highest BCUT2D eigenvalue weighted by atomic mass is 16.5. The van der Waals surface area contributed by atoms with Crippen LogP contribution in [0.1, 0.15) is 39.1 Å². The normalized spacial score (nSPS) is 14.1. The number of amides is 1. The van der Waals surface area contributed by atoms with E-state index in [0.29, 0.717) is 38.5 Å². The minimum atomic E-state index is -0.520. The first-order valence-electron chi connectivity index (χ1n) is 9.89. The maximum atomic E-state index is 13.2. The number of fused-ring (bicyclic) bond motifs is 5. The Morgan fingerprint density at radius 1 is 1.07 bits per heavy atom. The smallest absolute Gasteiger partial charge is 0.338 e. The SMILES string of the molecule is COC(=O)c1ccc(C(=O)N2CCCC2)c2[nH]c3ccc4c(C)cc(=O)oc4c3c12. The van der Waals surface area contributed by atoms with E-state index in [2.05, 4.69) is 4.98 Å². The van der Waals surface area contributed by atoms with E-state index >= 15 is 0 Å². The van der Waals surface area contributed by atoms with Crippen LogP contribution in [-0.2, 0) is 4.74 Å². The molecule has 0 atom stereocenters. The summed E-state index contributed by atoms with van der Waals surface area (Å²) in [5, 5.41) is 1.90. The zero-order valence-corrected chi connectivity index (χ0v) is 16.7. The molecule has 0 saturated carbocycles. The van der Waals surface area contributed by atoms with Gasteiger partial charge in [-0.25, -0.2) is 9.59 Å². The molecule has 7 nitrogen and oxygen atoms in total. The van der Waals surface area contributed by atoms with Crippen molar-refractivity contribution in [1.29, 1.82) is 0 Å².